The fourth-order valence-corrected chi connectivity index (χ4v) is 3.82. The Kier molecular flexibility index (Phi) is 5.55. The van der Waals surface area contributed by atoms with Gasteiger partial charge in [0, 0.05) is 21.0 Å². The highest BCUT2D eigenvalue weighted by Gasteiger charge is 2.27. The summed E-state index contributed by atoms with van der Waals surface area (Å²) in [5, 5.41) is 0.680. The molecule has 0 spiro atoms. The second kappa shape index (κ2) is 7.63. The smallest absolute Gasteiger partial charge is 0.165 e. The van der Waals surface area contributed by atoms with Gasteiger partial charge < -0.3 is 0 Å². The van der Waals surface area contributed by atoms with Crippen molar-refractivity contribution in [1.29, 1.82) is 0 Å². The first kappa shape index (κ1) is 16.7. The molecule has 120 valence electrons. The molecule has 23 heavy (non-hydrogen) atoms. The normalized spacial score (nSPS) is 21.1. The number of Topliss-reactive ketones (excluding diaryl/α,β-unsaturated/α-hetero) is 1. The molecule has 1 saturated carbocycles. The van der Waals surface area contributed by atoms with E-state index in [0.717, 1.165) is 42.1 Å². The Morgan fingerprint density at radius 1 is 0.957 bits per heavy atom. The van der Waals surface area contributed by atoms with Crippen LogP contribution in [0.4, 0.5) is 0 Å². The van der Waals surface area contributed by atoms with E-state index in [1.165, 1.54) is 5.56 Å². The van der Waals surface area contributed by atoms with Crippen LogP contribution in [-0.2, 0) is 6.42 Å². The number of rotatable bonds is 4. The molecule has 1 aliphatic rings. The highest BCUT2D eigenvalue weighted by Crippen LogP contribution is 2.33. The number of ketones is 1. The molecule has 1 nitrogen and oxygen atoms in total. The molecule has 0 aliphatic heterocycles. The van der Waals surface area contributed by atoms with Crippen molar-refractivity contribution in [3.8, 4) is 0 Å². The van der Waals surface area contributed by atoms with Gasteiger partial charge in [-0.15, -0.1) is 0 Å². The summed E-state index contributed by atoms with van der Waals surface area (Å²) in [5.41, 5.74) is 2.19. The minimum atomic E-state index is 0.178. The van der Waals surface area contributed by atoms with Crippen LogP contribution in [0.15, 0.2) is 53.0 Å². The molecule has 1 aliphatic carbocycles. The van der Waals surface area contributed by atoms with Gasteiger partial charge in [-0.2, -0.15) is 0 Å². The zero-order chi connectivity index (χ0) is 16.2. The molecule has 1 fully saturated rings. The van der Waals surface area contributed by atoms with Gasteiger partial charge in [-0.05, 0) is 80.0 Å². The number of hydrogen-bond donors (Lipinski definition) is 0. The number of carbonyl (C=O) groups is 1. The van der Waals surface area contributed by atoms with Gasteiger partial charge in [0.15, 0.2) is 5.78 Å². The van der Waals surface area contributed by atoms with Crippen molar-refractivity contribution in [2.75, 3.05) is 0 Å². The van der Waals surface area contributed by atoms with Crippen molar-refractivity contribution in [2.24, 2.45) is 11.8 Å². The molecule has 0 heterocycles. The molecule has 0 atom stereocenters. The molecule has 0 unspecified atom stereocenters. The summed E-state index contributed by atoms with van der Waals surface area (Å²) in [7, 11) is 0. The Hall–Kier alpha value is -1.12. The maximum Gasteiger partial charge on any atom is 0.165 e. The van der Waals surface area contributed by atoms with E-state index in [2.05, 4.69) is 40.2 Å². The third kappa shape index (κ3) is 4.45. The van der Waals surface area contributed by atoms with Crippen molar-refractivity contribution in [2.45, 2.75) is 32.1 Å². The van der Waals surface area contributed by atoms with Gasteiger partial charge in [0.1, 0.15) is 0 Å². The molecule has 0 N–H and O–H groups in total. The standard InChI is InChI=1S/C20H20BrClO/c21-18-9-3-15(4-10-18)13-14-1-5-16(6-2-14)20(23)17-7-11-19(22)12-8-17/h3-4,7-12,14,16H,1-2,5-6,13H2. The summed E-state index contributed by atoms with van der Waals surface area (Å²) in [4.78, 5) is 12.6. The third-order valence-corrected chi connectivity index (χ3v) is 5.56. The van der Waals surface area contributed by atoms with Crippen molar-refractivity contribution < 1.29 is 4.79 Å². The van der Waals surface area contributed by atoms with E-state index in [1.54, 1.807) is 12.1 Å². The SMILES string of the molecule is O=C(c1ccc(Cl)cc1)C1CCC(Cc2ccc(Br)cc2)CC1. The predicted molar refractivity (Wildman–Crippen MR) is 99.1 cm³/mol. The van der Waals surface area contributed by atoms with Gasteiger partial charge in [0.2, 0.25) is 0 Å². The lowest BCUT2D eigenvalue weighted by molar-refractivity contribution is 0.0872. The largest absolute Gasteiger partial charge is 0.294 e. The van der Waals surface area contributed by atoms with Gasteiger partial charge in [0.25, 0.3) is 0 Å². The molecular weight excluding hydrogens is 372 g/mol. The Labute approximate surface area is 151 Å². The van der Waals surface area contributed by atoms with E-state index in [0.29, 0.717) is 10.9 Å². The van der Waals surface area contributed by atoms with Gasteiger partial charge >= 0.3 is 0 Å². The molecule has 0 amide bonds. The second-order valence-electron chi connectivity index (χ2n) is 6.42. The molecule has 2 aromatic rings. The first-order valence-corrected chi connectivity index (χ1v) is 9.33. The van der Waals surface area contributed by atoms with Crippen LogP contribution in [0.3, 0.4) is 0 Å². The first-order chi connectivity index (χ1) is 11.1. The third-order valence-electron chi connectivity index (χ3n) is 4.78. The summed E-state index contributed by atoms with van der Waals surface area (Å²) < 4.78 is 1.12. The van der Waals surface area contributed by atoms with Crippen molar-refractivity contribution in [3.05, 3.63) is 69.2 Å². The van der Waals surface area contributed by atoms with E-state index in [1.807, 2.05) is 12.1 Å². The molecule has 2 aromatic carbocycles. The van der Waals surface area contributed by atoms with Crippen LogP contribution in [0.5, 0.6) is 0 Å². The highest BCUT2D eigenvalue weighted by molar-refractivity contribution is 9.10. The Morgan fingerprint density at radius 3 is 2.17 bits per heavy atom. The van der Waals surface area contributed by atoms with Crippen LogP contribution in [0.25, 0.3) is 0 Å². The highest BCUT2D eigenvalue weighted by atomic mass is 79.9. The fourth-order valence-electron chi connectivity index (χ4n) is 3.43. The average Bonchev–Trinajstić information content (AvgIpc) is 2.58. The van der Waals surface area contributed by atoms with E-state index >= 15 is 0 Å². The Balaban J connectivity index is 1.54. The van der Waals surface area contributed by atoms with Crippen LogP contribution in [0.1, 0.15) is 41.6 Å². The van der Waals surface area contributed by atoms with Gasteiger partial charge in [-0.3, -0.25) is 4.79 Å². The second-order valence-corrected chi connectivity index (χ2v) is 7.77. The molecule has 3 rings (SSSR count). The van der Waals surface area contributed by atoms with Crippen molar-refractivity contribution in [1.82, 2.24) is 0 Å². The maximum atomic E-state index is 12.6. The summed E-state index contributed by atoms with van der Waals surface area (Å²) in [6.07, 6.45) is 5.40. The average molecular weight is 392 g/mol. The Bertz CT molecular complexity index is 655. The maximum absolute atomic E-state index is 12.6. The lowest BCUT2D eigenvalue weighted by atomic mass is 9.76. The molecule has 0 saturated heterocycles. The quantitative estimate of drug-likeness (QED) is 0.556. The summed E-state index contributed by atoms with van der Waals surface area (Å²) >= 11 is 9.37. The zero-order valence-corrected chi connectivity index (χ0v) is 15.3. The van der Waals surface area contributed by atoms with E-state index in [9.17, 15) is 4.79 Å². The number of carbonyl (C=O) groups excluding carboxylic acids is 1. The van der Waals surface area contributed by atoms with Gasteiger partial charge in [0.05, 0.1) is 0 Å². The van der Waals surface area contributed by atoms with Crippen LogP contribution in [-0.4, -0.2) is 5.78 Å². The molecular formula is C20H20BrClO. The Morgan fingerprint density at radius 2 is 1.57 bits per heavy atom. The lowest BCUT2D eigenvalue weighted by Gasteiger charge is -2.27. The van der Waals surface area contributed by atoms with Gasteiger partial charge in [-0.1, -0.05) is 39.7 Å². The van der Waals surface area contributed by atoms with E-state index in [-0.39, 0.29) is 11.7 Å². The number of hydrogen-bond acceptors (Lipinski definition) is 1. The minimum Gasteiger partial charge on any atom is -0.294 e. The van der Waals surface area contributed by atoms with Crippen LogP contribution >= 0.6 is 27.5 Å². The molecule has 3 heteroatoms. The first-order valence-electron chi connectivity index (χ1n) is 8.16. The minimum absolute atomic E-state index is 0.178. The van der Waals surface area contributed by atoms with Crippen molar-refractivity contribution >= 4 is 33.3 Å². The van der Waals surface area contributed by atoms with Crippen LogP contribution < -0.4 is 0 Å². The topological polar surface area (TPSA) is 17.1 Å². The summed E-state index contributed by atoms with van der Waals surface area (Å²) in [6, 6.07) is 15.9. The fraction of sp³-hybridized carbons (Fsp3) is 0.350. The zero-order valence-electron chi connectivity index (χ0n) is 13.0. The monoisotopic (exact) mass is 390 g/mol. The van der Waals surface area contributed by atoms with E-state index in [4.69, 9.17) is 11.6 Å². The van der Waals surface area contributed by atoms with Gasteiger partial charge in [-0.25, -0.2) is 0 Å². The predicted octanol–water partition coefficient (Wildman–Crippen LogP) is 6.33. The van der Waals surface area contributed by atoms with E-state index < -0.39 is 0 Å². The van der Waals surface area contributed by atoms with Crippen LogP contribution in [0.2, 0.25) is 5.02 Å². The summed E-state index contributed by atoms with van der Waals surface area (Å²) in [5.74, 6) is 1.16. The molecule has 0 bridgehead atoms. The number of benzene rings is 2. The van der Waals surface area contributed by atoms with Crippen LogP contribution in [0, 0.1) is 11.8 Å². The lowest BCUT2D eigenvalue weighted by Crippen LogP contribution is -2.23. The van der Waals surface area contributed by atoms with Crippen molar-refractivity contribution in [3.63, 3.8) is 0 Å². The molecule has 0 aromatic heterocycles. The molecule has 0 radical (unpaired) electrons. The summed E-state index contributed by atoms with van der Waals surface area (Å²) in [6.45, 7) is 0. The number of halogens is 2.